The molecule has 1 aliphatic heterocycles. The first-order valence-corrected chi connectivity index (χ1v) is 6.84. The average molecular weight is 223 g/mol. The van der Waals surface area contributed by atoms with Gasteiger partial charge in [0, 0.05) is 15.8 Å². The minimum absolute atomic E-state index is 0.760. The van der Waals surface area contributed by atoms with Crippen LogP contribution in [0.3, 0.4) is 0 Å². The van der Waals surface area contributed by atoms with Crippen LogP contribution in [0.5, 0.6) is 0 Å². The maximum atomic E-state index is 3.63. The number of hydrogen-bond acceptors (Lipinski definition) is 2. The normalized spacial score (nSPS) is 26.8. The Morgan fingerprint density at radius 1 is 1.47 bits per heavy atom. The van der Waals surface area contributed by atoms with E-state index >= 15 is 0 Å². The van der Waals surface area contributed by atoms with Gasteiger partial charge in [0.25, 0.3) is 0 Å². The molecule has 1 aliphatic rings. The van der Waals surface area contributed by atoms with Gasteiger partial charge in [0.2, 0.25) is 0 Å². The number of piperidine rings is 1. The molecule has 1 aromatic heterocycles. The third-order valence-corrected chi connectivity index (χ3v) is 4.35. The molecule has 1 N–H and O–H groups in total. The summed E-state index contributed by atoms with van der Waals surface area (Å²) in [6.07, 6.45) is 5.28. The number of nitrogens with one attached hydrogen (secondary N) is 1. The maximum Gasteiger partial charge on any atom is 0.00730 e. The van der Waals surface area contributed by atoms with Crippen LogP contribution in [-0.2, 0) is 6.42 Å². The lowest BCUT2D eigenvalue weighted by molar-refractivity contribution is 0.308. The zero-order chi connectivity index (χ0) is 10.7. The lowest BCUT2D eigenvalue weighted by Crippen LogP contribution is -2.37. The van der Waals surface area contributed by atoms with Crippen LogP contribution in [0.15, 0.2) is 12.1 Å². The van der Waals surface area contributed by atoms with Gasteiger partial charge in [-0.2, -0.15) is 0 Å². The first kappa shape index (κ1) is 11.2. The molecule has 15 heavy (non-hydrogen) atoms. The molecule has 0 spiro atoms. The van der Waals surface area contributed by atoms with Crippen molar-refractivity contribution in [1.82, 2.24) is 5.32 Å². The second-order valence-corrected chi connectivity index (χ2v) is 6.20. The van der Waals surface area contributed by atoms with Crippen LogP contribution in [0.4, 0.5) is 0 Å². The number of thiophene rings is 1. The lowest BCUT2D eigenvalue weighted by atomic mass is 9.92. The first-order chi connectivity index (χ1) is 7.24. The van der Waals surface area contributed by atoms with Gasteiger partial charge in [-0.05, 0) is 57.2 Å². The van der Waals surface area contributed by atoms with Crippen LogP contribution in [0.1, 0.15) is 35.9 Å². The van der Waals surface area contributed by atoms with Crippen molar-refractivity contribution in [3.63, 3.8) is 0 Å². The van der Waals surface area contributed by atoms with E-state index in [1.165, 1.54) is 37.1 Å². The van der Waals surface area contributed by atoms with Crippen molar-refractivity contribution < 1.29 is 0 Å². The SMILES string of the molecule is Cc1ccc(CCC2CC(C)CCN2)s1. The highest BCUT2D eigenvalue weighted by Crippen LogP contribution is 2.21. The molecule has 2 unspecified atom stereocenters. The van der Waals surface area contributed by atoms with E-state index < -0.39 is 0 Å². The molecule has 1 aromatic rings. The smallest absolute Gasteiger partial charge is 0.00730 e. The molecule has 2 heterocycles. The van der Waals surface area contributed by atoms with Gasteiger partial charge in [0.1, 0.15) is 0 Å². The van der Waals surface area contributed by atoms with E-state index in [4.69, 9.17) is 0 Å². The monoisotopic (exact) mass is 223 g/mol. The van der Waals surface area contributed by atoms with Crippen molar-refractivity contribution in [3.8, 4) is 0 Å². The van der Waals surface area contributed by atoms with Gasteiger partial charge < -0.3 is 5.32 Å². The summed E-state index contributed by atoms with van der Waals surface area (Å²) in [5, 5.41) is 3.63. The van der Waals surface area contributed by atoms with Crippen molar-refractivity contribution >= 4 is 11.3 Å². The Morgan fingerprint density at radius 3 is 3.00 bits per heavy atom. The Balaban J connectivity index is 1.77. The second-order valence-electron chi connectivity index (χ2n) is 4.83. The predicted octanol–water partition coefficient (Wildman–Crippen LogP) is 3.38. The molecule has 0 bridgehead atoms. The second kappa shape index (κ2) is 5.13. The molecule has 0 amide bonds. The van der Waals surface area contributed by atoms with Crippen LogP contribution in [-0.4, -0.2) is 12.6 Å². The van der Waals surface area contributed by atoms with Gasteiger partial charge in [-0.25, -0.2) is 0 Å². The van der Waals surface area contributed by atoms with Gasteiger partial charge in [0.15, 0.2) is 0 Å². The van der Waals surface area contributed by atoms with E-state index in [1.807, 2.05) is 11.3 Å². The Hall–Kier alpha value is -0.340. The molecule has 1 fully saturated rings. The quantitative estimate of drug-likeness (QED) is 0.828. The molecule has 84 valence electrons. The van der Waals surface area contributed by atoms with Crippen molar-refractivity contribution in [2.75, 3.05) is 6.54 Å². The van der Waals surface area contributed by atoms with Gasteiger partial charge in [-0.15, -0.1) is 11.3 Å². The molecule has 0 aromatic carbocycles. The highest BCUT2D eigenvalue weighted by atomic mass is 32.1. The third kappa shape index (κ3) is 3.32. The highest BCUT2D eigenvalue weighted by Gasteiger charge is 2.17. The summed E-state index contributed by atoms with van der Waals surface area (Å²) >= 11 is 1.95. The van der Waals surface area contributed by atoms with Crippen LogP contribution in [0.2, 0.25) is 0 Å². The molecular formula is C13H21NS. The summed E-state index contributed by atoms with van der Waals surface area (Å²) < 4.78 is 0. The number of rotatable bonds is 3. The standard InChI is InChI=1S/C13H21NS/c1-10-7-8-14-12(9-10)4-6-13-5-3-11(2)15-13/h3,5,10,12,14H,4,6-9H2,1-2H3. The predicted molar refractivity (Wildman–Crippen MR) is 67.6 cm³/mol. The fourth-order valence-corrected chi connectivity index (χ4v) is 3.28. The molecule has 0 saturated carbocycles. The third-order valence-electron chi connectivity index (χ3n) is 3.29. The van der Waals surface area contributed by atoms with Crippen molar-refractivity contribution in [3.05, 3.63) is 21.9 Å². The van der Waals surface area contributed by atoms with E-state index in [0.717, 1.165) is 12.0 Å². The molecule has 1 saturated heterocycles. The Morgan fingerprint density at radius 2 is 2.33 bits per heavy atom. The van der Waals surface area contributed by atoms with E-state index in [9.17, 15) is 0 Å². The summed E-state index contributed by atoms with van der Waals surface area (Å²) in [6, 6.07) is 5.28. The average Bonchev–Trinajstić information content (AvgIpc) is 2.62. The molecule has 0 aliphatic carbocycles. The van der Waals surface area contributed by atoms with Crippen LogP contribution >= 0.6 is 11.3 Å². The Kier molecular flexibility index (Phi) is 3.81. The lowest BCUT2D eigenvalue weighted by Gasteiger charge is -2.28. The molecule has 0 radical (unpaired) electrons. The summed E-state index contributed by atoms with van der Waals surface area (Å²) in [5.74, 6) is 0.918. The van der Waals surface area contributed by atoms with Crippen molar-refractivity contribution in [2.45, 2.75) is 45.6 Å². The number of aryl methyl sites for hydroxylation is 2. The molecule has 2 rings (SSSR count). The van der Waals surface area contributed by atoms with Gasteiger partial charge in [-0.1, -0.05) is 6.92 Å². The van der Waals surface area contributed by atoms with E-state index in [-0.39, 0.29) is 0 Å². The van der Waals surface area contributed by atoms with E-state index in [2.05, 4.69) is 31.3 Å². The minimum Gasteiger partial charge on any atom is -0.314 e. The van der Waals surface area contributed by atoms with Gasteiger partial charge in [-0.3, -0.25) is 0 Å². The molecule has 2 atom stereocenters. The molecule has 1 nitrogen and oxygen atoms in total. The molecular weight excluding hydrogens is 202 g/mol. The fourth-order valence-electron chi connectivity index (χ4n) is 2.38. The zero-order valence-corrected chi connectivity index (χ0v) is 10.6. The van der Waals surface area contributed by atoms with Crippen molar-refractivity contribution in [1.29, 1.82) is 0 Å². The van der Waals surface area contributed by atoms with E-state index in [0.29, 0.717) is 0 Å². The van der Waals surface area contributed by atoms with Gasteiger partial charge >= 0.3 is 0 Å². The van der Waals surface area contributed by atoms with E-state index in [1.54, 1.807) is 4.88 Å². The number of hydrogen-bond donors (Lipinski definition) is 1. The highest BCUT2D eigenvalue weighted by molar-refractivity contribution is 7.11. The fraction of sp³-hybridized carbons (Fsp3) is 0.692. The molecule has 2 heteroatoms. The summed E-state index contributed by atoms with van der Waals surface area (Å²) in [4.78, 5) is 2.99. The summed E-state index contributed by atoms with van der Waals surface area (Å²) in [6.45, 7) is 5.79. The first-order valence-electron chi connectivity index (χ1n) is 6.03. The van der Waals surface area contributed by atoms with Crippen LogP contribution < -0.4 is 5.32 Å². The van der Waals surface area contributed by atoms with Gasteiger partial charge in [0.05, 0.1) is 0 Å². The van der Waals surface area contributed by atoms with Crippen LogP contribution in [0.25, 0.3) is 0 Å². The van der Waals surface area contributed by atoms with Crippen molar-refractivity contribution in [2.24, 2.45) is 5.92 Å². The minimum atomic E-state index is 0.760. The summed E-state index contributed by atoms with van der Waals surface area (Å²) in [7, 11) is 0. The largest absolute Gasteiger partial charge is 0.314 e. The zero-order valence-electron chi connectivity index (χ0n) is 9.75. The maximum absolute atomic E-state index is 3.63. The Bertz CT molecular complexity index is 305. The Labute approximate surface area is 96.9 Å². The topological polar surface area (TPSA) is 12.0 Å². The summed E-state index contributed by atoms with van der Waals surface area (Å²) in [5.41, 5.74) is 0. The van der Waals surface area contributed by atoms with Crippen LogP contribution in [0, 0.1) is 12.8 Å².